The van der Waals surface area contributed by atoms with E-state index in [2.05, 4.69) is 34.4 Å². The molecule has 1 amide bonds. The summed E-state index contributed by atoms with van der Waals surface area (Å²) in [5.41, 5.74) is 1.31. The summed E-state index contributed by atoms with van der Waals surface area (Å²) < 4.78 is 0. The van der Waals surface area contributed by atoms with Crippen LogP contribution in [0, 0.1) is 5.41 Å². The summed E-state index contributed by atoms with van der Waals surface area (Å²) in [7, 11) is 1.99. The van der Waals surface area contributed by atoms with Crippen molar-refractivity contribution >= 4 is 12.2 Å². The lowest BCUT2D eigenvalue weighted by Gasteiger charge is -2.24. The van der Waals surface area contributed by atoms with E-state index in [-0.39, 0.29) is 5.91 Å². The molecule has 2 N–H and O–H groups in total. The zero-order valence-electron chi connectivity index (χ0n) is 17.1. The number of pyridine rings is 2. The summed E-state index contributed by atoms with van der Waals surface area (Å²) in [6, 6.07) is 10.6. The van der Waals surface area contributed by atoms with Crippen LogP contribution in [0.15, 0.2) is 48.8 Å². The standard InChI is InChI=1S/C16H27N3O.C6H5NO/c1-16(2,9-6-11-17-3)10-7-13-19-15(20)14-8-4-5-12-18-14;8-5-6-3-1-2-4-7-6/h4-5,8,12,17H,6-7,9-11,13H2,1-3H3,(H,19,20);1-5H. The quantitative estimate of drug-likeness (QED) is 0.484. The molecule has 0 aliphatic rings. The average molecular weight is 385 g/mol. The van der Waals surface area contributed by atoms with Gasteiger partial charge in [0.2, 0.25) is 0 Å². The second-order valence-corrected chi connectivity index (χ2v) is 7.32. The maximum Gasteiger partial charge on any atom is 0.269 e. The van der Waals surface area contributed by atoms with Gasteiger partial charge in [-0.15, -0.1) is 0 Å². The van der Waals surface area contributed by atoms with E-state index in [1.165, 1.54) is 12.8 Å². The van der Waals surface area contributed by atoms with Crippen molar-refractivity contribution in [3.63, 3.8) is 0 Å². The zero-order valence-corrected chi connectivity index (χ0v) is 17.1. The van der Waals surface area contributed by atoms with Crippen LogP contribution in [-0.2, 0) is 0 Å². The van der Waals surface area contributed by atoms with Crippen LogP contribution in [0.1, 0.15) is 60.5 Å². The SMILES string of the molecule is CNCCCC(C)(C)CCCNC(=O)c1ccccn1.O=Cc1ccccn1. The second-order valence-electron chi connectivity index (χ2n) is 7.32. The lowest BCUT2D eigenvalue weighted by atomic mass is 9.83. The highest BCUT2D eigenvalue weighted by Gasteiger charge is 2.16. The maximum absolute atomic E-state index is 11.8. The molecule has 0 aliphatic carbocycles. The molecule has 0 saturated carbocycles. The summed E-state index contributed by atoms with van der Waals surface area (Å²) >= 11 is 0. The molecule has 6 heteroatoms. The van der Waals surface area contributed by atoms with Crippen molar-refractivity contribution in [3.05, 3.63) is 60.2 Å². The van der Waals surface area contributed by atoms with Crippen molar-refractivity contribution in [1.29, 1.82) is 0 Å². The van der Waals surface area contributed by atoms with Crippen LogP contribution in [0.3, 0.4) is 0 Å². The first-order valence-electron chi connectivity index (χ1n) is 9.68. The van der Waals surface area contributed by atoms with Gasteiger partial charge < -0.3 is 10.6 Å². The van der Waals surface area contributed by atoms with Gasteiger partial charge in [-0.05, 0) is 69.0 Å². The maximum atomic E-state index is 11.8. The Morgan fingerprint density at radius 2 is 1.64 bits per heavy atom. The predicted molar refractivity (Wildman–Crippen MR) is 112 cm³/mol. The molecule has 152 valence electrons. The second kappa shape index (κ2) is 13.6. The summed E-state index contributed by atoms with van der Waals surface area (Å²) in [6.45, 7) is 6.37. The van der Waals surface area contributed by atoms with Gasteiger partial charge in [0.15, 0.2) is 6.29 Å². The van der Waals surface area contributed by atoms with Gasteiger partial charge in [-0.3, -0.25) is 19.6 Å². The highest BCUT2D eigenvalue weighted by Crippen LogP contribution is 2.27. The molecule has 0 spiro atoms. The molecule has 0 aromatic carbocycles. The van der Waals surface area contributed by atoms with Crippen molar-refractivity contribution in [3.8, 4) is 0 Å². The molecular formula is C22H32N4O2. The molecule has 0 radical (unpaired) electrons. The van der Waals surface area contributed by atoms with Gasteiger partial charge in [0, 0.05) is 18.9 Å². The predicted octanol–water partition coefficient (Wildman–Crippen LogP) is 3.51. The minimum atomic E-state index is -0.0846. The Kier molecular flexibility index (Phi) is 11.3. The van der Waals surface area contributed by atoms with Crippen LogP contribution in [-0.4, -0.2) is 42.3 Å². The zero-order chi connectivity index (χ0) is 20.7. The molecule has 0 saturated heterocycles. The monoisotopic (exact) mass is 384 g/mol. The van der Waals surface area contributed by atoms with E-state index in [4.69, 9.17) is 0 Å². The number of amides is 1. The Labute approximate surface area is 168 Å². The highest BCUT2D eigenvalue weighted by molar-refractivity contribution is 5.92. The number of hydrogen-bond acceptors (Lipinski definition) is 5. The third kappa shape index (κ3) is 10.5. The Morgan fingerprint density at radius 1 is 1.00 bits per heavy atom. The first-order valence-corrected chi connectivity index (χ1v) is 9.68. The molecular weight excluding hydrogens is 352 g/mol. The van der Waals surface area contributed by atoms with E-state index >= 15 is 0 Å². The third-order valence-corrected chi connectivity index (χ3v) is 4.30. The van der Waals surface area contributed by atoms with Crippen LogP contribution >= 0.6 is 0 Å². The Balaban J connectivity index is 0.000000406. The van der Waals surface area contributed by atoms with E-state index in [0.717, 1.165) is 25.7 Å². The number of hydrogen-bond donors (Lipinski definition) is 2. The lowest BCUT2D eigenvalue weighted by molar-refractivity contribution is 0.0946. The molecule has 2 aromatic heterocycles. The molecule has 0 aliphatic heterocycles. The van der Waals surface area contributed by atoms with Crippen LogP contribution in [0.25, 0.3) is 0 Å². The number of nitrogens with zero attached hydrogens (tertiary/aromatic N) is 2. The van der Waals surface area contributed by atoms with Crippen molar-refractivity contribution < 1.29 is 9.59 Å². The van der Waals surface area contributed by atoms with E-state index < -0.39 is 0 Å². The topological polar surface area (TPSA) is 84.0 Å². The minimum Gasteiger partial charge on any atom is -0.351 e. The van der Waals surface area contributed by atoms with E-state index in [9.17, 15) is 9.59 Å². The molecule has 0 atom stereocenters. The normalized spacial score (nSPS) is 10.5. The van der Waals surface area contributed by atoms with Gasteiger partial charge in [0.1, 0.15) is 11.4 Å². The Bertz CT molecular complexity index is 675. The summed E-state index contributed by atoms with van der Waals surface area (Å²) in [5.74, 6) is -0.0846. The number of carbonyl (C=O) groups excluding carboxylic acids is 2. The number of nitrogens with one attached hydrogen (secondary N) is 2. The summed E-state index contributed by atoms with van der Waals surface area (Å²) in [6.07, 6.45) is 8.49. The number of aldehydes is 1. The lowest BCUT2D eigenvalue weighted by Crippen LogP contribution is -2.26. The van der Waals surface area contributed by atoms with Gasteiger partial charge in [0.25, 0.3) is 5.91 Å². The Morgan fingerprint density at radius 3 is 2.14 bits per heavy atom. The molecule has 2 heterocycles. The van der Waals surface area contributed by atoms with Gasteiger partial charge >= 0.3 is 0 Å². The highest BCUT2D eigenvalue weighted by atomic mass is 16.1. The van der Waals surface area contributed by atoms with Crippen LogP contribution < -0.4 is 10.6 Å². The van der Waals surface area contributed by atoms with Crippen molar-refractivity contribution in [2.45, 2.75) is 39.5 Å². The smallest absolute Gasteiger partial charge is 0.269 e. The molecule has 28 heavy (non-hydrogen) atoms. The summed E-state index contributed by atoms with van der Waals surface area (Å²) in [4.78, 5) is 29.5. The van der Waals surface area contributed by atoms with Crippen molar-refractivity contribution in [2.75, 3.05) is 20.1 Å². The van der Waals surface area contributed by atoms with Crippen molar-refractivity contribution in [1.82, 2.24) is 20.6 Å². The first kappa shape index (κ1) is 23.4. The largest absolute Gasteiger partial charge is 0.351 e. The third-order valence-electron chi connectivity index (χ3n) is 4.30. The summed E-state index contributed by atoms with van der Waals surface area (Å²) in [5, 5.41) is 6.10. The van der Waals surface area contributed by atoms with E-state index in [1.807, 2.05) is 19.2 Å². The molecule has 2 rings (SSSR count). The molecule has 0 fully saturated rings. The number of carbonyl (C=O) groups is 2. The van der Waals surface area contributed by atoms with Gasteiger partial charge in [-0.2, -0.15) is 0 Å². The average Bonchev–Trinajstić information content (AvgIpc) is 2.73. The van der Waals surface area contributed by atoms with Crippen LogP contribution in [0.2, 0.25) is 0 Å². The molecule has 0 unspecified atom stereocenters. The van der Waals surface area contributed by atoms with Gasteiger partial charge in [-0.1, -0.05) is 26.0 Å². The van der Waals surface area contributed by atoms with Crippen LogP contribution in [0.5, 0.6) is 0 Å². The van der Waals surface area contributed by atoms with E-state index in [1.54, 1.807) is 36.7 Å². The fourth-order valence-corrected chi connectivity index (χ4v) is 2.67. The van der Waals surface area contributed by atoms with Gasteiger partial charge in [0.05, 0.1) is 0 Å². The minimum absolute atomic E-state index is 0.0846. The molecule has 0 bridgehead atoms. The number of rotatable bonds is 10. The molecule has 6 nitrogen and oxygen atoms in total. The van der Waals surface area contributed by atoms with Crippen molar-refractivity contribution in [2.24, 2.45) is 5.41 Å². The van der Waals surface area contributed by atoms with Gasteiger partial charge in [-0.25, -0.2) is 0 Å². The van der Waals surface area contributed by atoms with E-state index in [0.29, 0.717) is 23.3 Å². The molecule has 2 aromatic rings. The number of aromatic nitrogens is 2. The Hall–Kier alpha value is -2.60. The fourth-order valence-electron chi connectivity index (χ4n) is 2.67. The fraction of sp³-hybridized carbons (Fsp3) is 0.455. The first-order chi connectivity index (χ1) is 13.5. The van der Waals surface area contributed by atoms with Crippen LogP contribution in [0.4, 0.5) is 0 Å².